The van der Waals surface area contributed by atoms with Crippen LogP contribution >= 0.6 is 11.6 Å². The number of halogens is 1. The molecule has 1 aromatic rings. The van der Waals surface area contributed by atoms with Gasteiger partial charge in [-0.05, 0) is 12.1 Å². The minimum absolute atomic E-state index is 0.130. The molecule has 2 aliphatic heterocycles. The summed E-state index contributed by atoms with van der Waals surface area (Å²) in [6.45, 7) is 1.23. The van der Waals surface area contributed by atoms with Crippen LogP contribution in [0.1, 0.15) is 12.8 Å². The number of amides is 2. The molecule has 1 N–H and O–H groups in total. The number of hydrogen-bond acceptors (Lipinski definition) is 4. The van der Waals surface area contributed by atoms with Crippen molar-refractivity contribution in [3.63, 3.8) is 0 Å². The molecule has 2 heterocycles. The first-order valence-electron chi connectivity index (χ1n) is 8.12. The Morgan fingerprint density at radius 3 is 2.76 bits per heavy atom. The number of carboxylic acids is 1. The molecular weight excluding hydrogens is 348 g/mol. The molecule has 0 aliphatic carbocycles. The second-order valence-electron chi connectivity index (χ2n) is 6.23. The van der Waals surface area contributed by atoms with Crippen LogP contribution in [-0.4, -0.2) is 60.1 Å². The Balaban J connectivity index is 1.66. The molecule has 2 saturated heterocycles. The monoisotopic (exact) mass is 366 g/mol. The minimum atomic E-state index is -0.958. The first kappa shape index (κ1) is 17.7. The summed E-state index contributed by atoms with van der Waals surface area (Å²) in [5.74, 6) is -1.68. The molecule has 25 heavy (non-hydrogen) atoms. The zero-order valence-corrected chi connectivity index (χ0v) is 14.3. The lowest BCUT2D eigenvalue weighted by Gasteiger charge is -2.33. The molecule has 2 atom stereocenters. The van der Waals surface area contributed by atoms with E-state index in [1.54, 1.807) is 34.1 Å². The topological polar surface area (TPSA) is 87.2 Å². The fraction of sp³-hybridized carbons (Fsp3) is 0.471. The van der Waals surface area contributed by atoms with Gasteiger partial charge in [0.1, 0.15) is 0 Å². The third kappa shape index (κ3) is 3.93. The smallest absolute Gasteiger partial charge is 0.306 e. The molecule has 0 aromatic heterocycles. The Labute approximate surface area is 150 Å². The Hall–Kier alpha value is -2.12. The summed E-state index contributed by atoms with van der Waals surface area (Å²) >= 11 is 6.15. The Morgan fingerprint density at radius 1 is 1.28 bits per heavy atom. The molecule has 1 aromatic carbocycles. The van der Waals surface area contributed by atoms with Crippen LogP contribution in [0.2, 0.25) is 5.02 Å². The number of carbonyl (C=O) groups is 3. The van der Waals surface area contributed by atoms with Gasteiger partial charge in [0.25, 0.3) is 0 Å². The highest BCUT2D eigenvalue weighted by Gasteiger charge is 2.39. The number of carboxylic acid groups (broad SMARTS) is 1. The number of aliphatic carboxylic acids is 1. The van der Waals surface area contributed by atoms with E-state index in [1.807, 2.05) is 0 Å². The number of nitrogens with zero attached hydrogens (tertiary/aromatic N) is 2. The van der Waals surface area contributed by atoms with E-state index < -0.39 is 18.0 Å². The van der Waals surface area contributed by atoms with Crippen molar-refractivity contribution >= 4 is 35.1 Å². The van der Waals surface area contributed by atoms with Gasteiger partial charge in [0.05, 0.1) is 35.8 Å². The number of benzene rings is 1. The number of para-hydroxylation sites is 1. The number of morpholine rings is 1. The van der Waals surface area contributed by atoms with Crippen molar-refractivity contribution in [2.45, 2.75) is 18.9 Å². The maximum atomic E-state index is 12.8. The summed E-state index contributed by atoms with van der Waals surface area (Å²) in [6, 6.07) is 7.04. The van der Waals surface area contributed by atoms with E-state index in [0.717, 1.165) is 0 Å². The maximum Gasteiger partial charge on any atom is 0.306 e. The van der Waals surface area contributed by atoms with Crippen LogP contribution in [0, 0.1) is 5.92 Å². The van der Waals surface area contributed by atoms with Crippen molar-refractivity contribution in [3.05, 3.63) is 29.3 Å². The summed E-state index contributed by atoms with van der Waals surface area (Å²) in [5.41, 5.74) is 0.607. The lowest BCUT2D eigenvalue weighted by Crippen LogP contribution is -2.48. The van der Waals surface area contributed by atoms with Crippen LogP contribution in [0.4, 0.5) is 5.69 Å². The predicted octanol–water partition coefficient (Wildman–Crippen LogP) is 1.39. The van der Waals surface area contributed by atoms with Crippen molar-refractivity contribution in [1.29, 1.82) is 0 Å². The minimum Gasteiger partial charge on any atom is -0.481 e. The number of rotatable bonds is 4. The van der Waals surface area contributed by atoms with Crippen molar-refractivity contribution in [2.75, 3.05) is 31.1 Å². The van der Waals surface area contributed by atoms with Crippen LogP contribution in [0.5, 0.6) is 0 Å². The third-order valence-corrected chi connectivity index (χ3v) is 4.79. The van der Waals surface area contributed by atoms with Crippen molar-refractivity contribution < 1.29 is 24.2 Å². The Morgan fingerprint density at radius 2 is 2.04 bits per heavy atom. The standard InChI is InChI=1S/C17H19ClN2O5/c18-13-3-1-2-4-14(13)20-9-11(7-15(20)21)17(24)19-5-6-25-12(10-19)8-16(22)23/h1-4,11-12H,5-10H2,(H,22,23)/t11-,12-/m1/s1. The number of carbonyl (C=O) groups excluding carboxylic acids is 2. The normalized spacial score (nSPS) is 23.8. The van der Waals surface area contributed by atoms with E-state index in [9.17, 15) is 14.4 Å². The second-order valence-corrected chi connectivity index (χ2v) is 6.64. The Bertz CT molecular complexity index is 695. The van der Waals surface area contributed by atoms with Gasteiger partial charge >= 0.3 is 5.97 Å². The fourth-order valence-electron chi connectivity index (χ4n) is 3.27. The van der Waals surface area contributed by atoms with Gasteiger partial charge < -0.3 is 19.6 Å². The van der Waals surface area contributed by atoms with Gasteiger partial charge in [0.2, 0.25) is 11.8 Å². The lowest BCUT2D eigenvalue weighted by molar-refractivity contribution is -0.149. The first-order valence-corrected chi connectivity index (χ1v) is 8.50. The van der Waals surface area contributed by atoms with Crippen molar-refractivity contribution in [3.8, 4) is 0 Å². The summed E-state index contributed by atoms with van der Waals surface area (Å²) in [5, 5.41) is 9.35. The summed E-state index contributed by atoms with van der Waals surface area (Å²) in [7, 11) is 0. The molecule has 2 amide bonds. The Kier molecular flexibility index (Phi) is 5.24. The molecule has 0 unspecified atom stereocenters. The van der Waals surface area contributed by atoms with Gasteiger partial charge in [-0.15, -0.1) is 0 Å². The van der Waals surface area contributed by atoms with Crippen LogP contribution in [0.3, 0.4) is 0 Å². The van der Waals surface area contributed by atoms with E-state index in [2.05, 4.69) is 0 Å². The van der Waals surface area contributed by atoms with E-state index in [0.29, 0.717) is 23.9 Å². The van der Waals surface area contributed by atoms with Gasteiger partial charge in [-0.3, -0.25) is 14.4 Å². The molecule has 0 bridgehead atoms. The van der Waals surface area contributed by atoms with Crippen molar-refractivity contribution in [1.82, 2.24) is 4.90 Å². The maximum absolute atomic E-state index is 12.8. The molecule has 0 saturated carbocycles. The summed E-state index contributed by atoms with van der Waals surface area (Å²) in [6.07, 6.45) is -0.517. The quantitative estimate of drug-likeness (QED) is 0.870. The molecule has 134 valence electrons. The van der Waals surface area contributed by atoms with Crippen LogP contribution in [-0.2, 0) is 19.1 Å². The van der Waals surface area contributed by atoms with Gasteiger partial charge in [0, 0.05) is 26.1 Å². The van der Waals surface area contributed by atoms with Gasteiger partial charge in [-0.1, -0.05) is 23.7 Å². The molecule has 8 heteroatoms. The zero-order chi connectivity index (χ0) is 18.0. The van der Waals surface area contributed by atoms with Crippen LogP contribution in [0.25, 0.3) is 0 Å². The second kappa shape index (κ2) is 7.41. The van der Waals surface area contributed by atoms with E-state index in [4.69, 9.17) is 21.4 Å². The van der Waals surface area contributed by atoms with E-state index in [-0.39, 0.29) is 37.7 Å². The van der Waals surface area contributed by atoms with E-state index in [1.165, 1.54) is 0 Å². The molecular formula is C17H19ClN2O5. The van der Waals surface area contributed by atoms with Crippen molar-refractivity contribution in [2.24, 2.45) is 5.92 Å². The van der Waals surface area contributed by atoms with Crippen LogP contribution in [0.15, 0.2) is 24.3 Å². The lowest BCUT2D eigenvalue weighted by atomic mass is 10.1. The van der Waals surface area contributed by atoms with E-state index >= 15 is 0 Å². The molecule has 2 fully saturated rings. The average molecular weight is 367 g/mol. The summed E-state index contributed by atoms with van der Waals surface area (Å²) in [4.78, 5) is 39.1. The number of hydrogen-bond donors (Lipinski definition) is 1. The zero-order valence-electron chi connectivity index (χ0n) is 13.6. The molecule has 2 aliphatic rings. The number of ether oxygens (including phenoxy) is 1. The number of anilines is 1. The largest absolute Gasteiger partial charge is 0.481 e. The average Bonchev–Trinajstić information content (AvgIpc) is 2.96. The SMILES string of the molecule is O=C(O)C[C@@H]1CN(C(=O)[C@@H]2CC(=O)N(c3ccccc3Cl)C2)CCO1. The predicted molar refractivity (Wildman–Crippen MR) is 90.5 cm³/mol. The van der Waals surface area contributed by atoms with Gasteiger partial charge in [0.15, 0.2) is 0 Å². The molecule has 3 rings (SSSR count). The third-order valence-electron chi connectivity index (χ3n) is 4.47. The summed E-state index contributed by atoms with van der Waals surface area (Å²) < 4.78 is 5.39. The fourth-order valence-corrected chi connectivity index (χ4v) is 3.51. The molecule has 0 spiro atoms. The first-order chi connectivity index (χ1) is 12.0. The van der Waals surface area contributed by atoms with Gasteiger partial charge in [-0.25, -0.2) is 0 Å². The molecule has 7 nitrogen and oxygen atoms in total. The highest BCUT2D eigenvalue weighted by atomic mass is 35.5. The van der Waals surface area contributed by atoms with Crippen LogP contribution < -0.4 is 4.90 Å². The highest BCUT2D eigenvalue weighted by Crippen LogP contribution is 2.31. The van der Waals surface area contributed by atoms with Gasteiger partial charge in [-0.2, -0.15) is 0 Å². The molecule has 0 radical (unpaired) electrons. The highest BCUT2D eigenvalue weighted by molar-refractivity contribution is 6.33.